The number of thioether (sulfide) groups is 1. The molecule has 0 aromatic heterocycles. The predicted octanol–water partition coefficient (Wildman–Crippen LogP) is 1.87. The van der Waals surface area contributed by atoms with Gasteiger partial charge < -0.3 is 10.6 Å². The fraction of sp³-hybridized carbons (Fsp3) is 0.267. The van der Waals surface area contributed by atoms with Crippen LogP contribution in [0.5, 0.6) is 0 Å². The Hall–Kier alpha value is -2.28. The maximum absolute atomic E-state index is 12.1. The van der Waals surface area contributed by atoms with Crippen LogP contribution in [0.25, 0.3) is 0 Å². The molecule has 0 unspecified atom stereocenters. The molecular weight excluding hydrogens is 300 g/mol. The van der Waals surface area contributed by atoms with Crippen molar-refractivity contribution in [1.82, 2.24) is 10.7 Å². The number of hydrogen-bond donors (Lipinski definition) is 3. The molecule has 116 valence electrons. The van der Waals surface area contributed by atoms with Crippen LogP contribution < -0.4 is 16.1 Å². The van der Waals surface area contributed by atoms with Crippen LogP contribution in [-0.4, -0.2) is 22.2 Å². The summed E-state index contributed by atoms with van der Waals surface area (Å²) in [6.07, 6.45) is 1.50. The second kappa shape index (κ2) is 7.13. The van der Waals surface area contributed by atoms with Crippen molar-refractivity contribution in [3.63, 3.8) is 0 Å². The first kappa shape index (κ1) is 16.1. The van der Waals surface area contributed by atoms with E-state index in [1.807, 2.05) is 32.0 Å². The van der Waals surface area contributed by atoms with E-state index in [2.05, 4.69) is 27.7 Å². The molecule has 0 radical (unpaired) electrons. The lowest BCUT2D eigenvalue weighted by molar-refractivity contribution is -0.122. The first-order valence-electron chi connectivity index (χ1n) is 6.79. The first-order chi connectivity index (χ1) is 10.5. The number of nitrogens with zero attached hydrogens (tertiary/aromatic N) is 1. The molecule has 1 fully saturated rings. The molecule has 0 bridgehead atoms. The molecule has 1 heterocycles. The molecule has 1 atom stereocenters. The highest BCUT2D eigenvalue weighted by Crippen LogP contribution is 2.23. The van der Waals surface area contributed by atoms with Gasteiger partial charge in [-0.25, -0.2) is 0 Å². The second-order valence-corrected chi connectivity index (χ2v) is 6.04. The van der Waals surface area contributed by atoms with Gasteiger partial charge in [0, 0.05) is 18.3 Å². The number of aryl methyl sites for hydroxylation is 1. The fourth-order valence-corrected chi connectivity index (χ4v) is 2.89. The number of hydrazone groups is 1. The summed E-state index contributed by atoms with van der Waals surface area (Å²) >= 11 is 1.22. The van der Waals surface area contributed by atoms with Crippen molar-refractivity contribution >= 4 is 34.4 Å². The molecule has 0 spiro atoms. The highest BCUT2D eigenvalue weighted by molar-refractivity contribution is 8.15. The Bertz CT molecular complexity index is 642. The maximum atomic E-state index is 12.1. The van der Waals surface area contributed by atoms with E-state index in [9.17, 15) is 9.59 Å². The van der Waals surface area contributed by atoms with Crippen LogP contribution in [0.3, 0.4) is 0 Å². The number of hydrogen-bond acceptors (Lipinski definition) is 5. The quantitative estimate of drug-likeness (QED) is 0.724. The highest BCUT2D eigenvalue weighted by atomic mass is 32.2. The summed E-state index contributed by atoms with van der Waals surface area (Å²) in [5.74, 6) is -0.412. The zero-order valence-corrected chi connectivity index (χ0v) is 13.3. The van der Waals surface area contributed by atoms with Crippen LogP contribution in [-0.2, 0) is 9.59 Å². The number of amides is 2. The average Bonchev–Trinajstić information content (AvgIpc) is 2.82. The molecule has 7 heteroatoms. The van der Waals surface area contributed by atoms with E-state index >= 15 is 0 Å². The number of rotatable bonds is 5. The number of carbonyl (C=O) groups excluding carboxylic acids is 2. The number of nitrogens with one attached hydrogen (secondary N) is 3. The number of anilines is 1. The van der Waals surface area contributed by atoms with Gasteiger partial charge in [-0.3, -0.25) is 15.0 Å². The van der Waals surface area contributed by atoms with E-state index in [-0.39, 0.29) is 18.2 Å². The van der Waals surface area contributed by atoms with Crippen LogP contribution >= 0.6 is 11.8 Å². The average molecular weight is 318 g/mol. The number of carbonyl (C=O) groups is 2. The lowest BCUT2D eigenvalue weighted by atomic mass is 10.1. The molecule has 1 aromatic carbocycles. The smallest absolute Gasteiger partial charge is 0.240 e. The zero-order chi connectivity index (χ0) is 16.1. The molecule has 1 saturated heterocycles. The fourth-order valence-electron chi connectivity index (χ4n) is 1.95. The van der Waals surface area contributed by atoms with E-state index in [0.717, 1.165) is 16.8 Å². The molecule has 2 rings (SSSR count). The van der Waals surface area contributed by atoms with E-state index in [1.165, 1.54) is 18.0 Å². The van der Waals surface area contributed by atoms with Crippen molar-refractivity contribution in [3.8, 4) is 0 Å². The normalized spacial score (nSPS) is 18.9. The molecule has 22 heavy (non-hydrogen) atoms. The molecule has 1 aliphatic heterocycles. The molecule has 1 aromatic rings. The molecule has 0 aliphatic carbocycles. The third-order valence-corrected chi connectivity index (χ3v) is 4.37. The molecule has 2 amide bonds. The van der Waals surface area contributed by atoms with Gasteiger partial charge in [0.25, 0.3) is 0 Å². The van der Waals surface area contributed by atoms with E-state index in [4.69, 9.17) is 0 Å². The van der Waals surface area contributed by atoms with Crippen LogP contribution in [0.2, 0.25) is 0 Å². The van der Waals surface area contributed by atoms with E-state index in [1.54, 1.807) is 0 Å². The van der Waals surface area contributed by atoms with Crippen molar-refractivity contribution in [1.29, 1.82) is 0 Å². The van der Waals surface area contributed by atoms with Crippen molar-refractivity contribution in [2.75, 3.05) is 5.32 Å². The van der Waals surface area contributed by atoms with Crippen LogP contribution in [0, 0.1) is 13.8 Å². The summed E-state index contributed by atoms with van der Waals surface area (Å²) in [4.78, 5) is 23.9. The molecule has 1 aliphatic rings. The van der Waals surface area contributed by atoms with Crippen molar-refractivity contribution in [2.45, 2.75) is 25.5 Å². The second-order valence-electron chi connectivity index (χ2n) is 4.85. The standard InChI is InChI=1S/C15H18N4O2S/c1-4-16-19-15-18-14(21)12(22-15)8-13(20)17-11-7-5-6-9(2)10(11)3/h4-7,12,16H,1,8H2,2-3H3,(H,17,20)(H,18,19,21)/t12-/m0/s1. The number of benzene rings is 1. The summed E-state index contributed by atoms with van der Waals surface area (Å²) in [7, 11) is 0. The van der Waals surface area contributed by atoms with E-state index in [0.29, 0.717) is 5.17 Å². The minimum Gasteiger partial charge on any atom is -0.326 e. The lowest BCUT2D eigenvalue weighted by Crippen LogP contribution is -2.28. The van der Waals surface area contributed by atoms with Gasteiger partial charge in [-0.2, -0.15) is 5.10 Å². The summed E-state index contributed by atoms with van der Waals surface area (Å²) < 4.78 is 0. The summed E-state index contributed by atoms with van der Waals surface area (Å²) in [5, 5.41) is 9.33. The Labute approximate surface area is 133 Å². The van der Waals surface area contributed by atoms with Crippen LogP contribution in [0.1, 0.15) is 17.5 Å². The Morgan fingerprint density at radius 1 is 1.50 bits per heavy atom. The lowest BCUT2D eigenvalue weighted by Gasteiger charge is -2.11. The predicted molar refractivity (Wildman–Crippen MR) is 89.5 cm³/mol. The Balaban J connectivity index is 1.96. The van der Waals surface area contributed by atoms with Gasteiger partial charge in [0.05, 0.1) is 0 Å². The zero-order valence-electron chi connectivity index (χ0n) is 12.5. The Morgan fingerprint density at radius 3 is 3.00 bits per heavy atom. The third-order valence-electron chi connectivity index (χ3n) is 3.28. The SMILES string of the molecule is C=CN/N=C1\NC(=O)[C@H](CC(=O)Nc2cccc(C)c2C)S1. The van der Waals surface area contributed by atoms with Crippen LogP contribution in [0.4, 0.5) is 5.69 Å². The molecule has 6 nitrogen and oxygen atoms in total. The number of amidine groups is 1. The van der Waals surface area contributed by atoms with Gasteiger partial charge in [0.1, 0.15) is 5.25 Å². The largest absolute Gasteiger partial charge is 0.326 e. The van der Waals surface area contributed by atoms with Gasteiger partial charge in [-0.15, -0.1) is 0 Å². The van der Waals surface area contributed by atoms with Gasteiger partial charge in [0.15, 0.2) is 5.17 Å². The highest BCUT2D eigenvalue weighted by Gasteiger charge is 2.32. The first-order valence-corrected chi connectivity index (χ1v) is 7.67. The van der Waals surface area contributed by atoms with Gasteiger partial charge in [-0.1, -0.05) is 30.5 Å². The van der Waals surface area contributed by atoms with Gasteiger partial charge in [0.2, 0.25) is 11.8 Å². The Morgan fingerprint density at radius 2 is 2.27 bits per heavy atom. The Kier molecular flexibility index (Phi) is 5.21. The van der Waals surface area contributed by atoms with Crippen molar-refractivity contribution in [3.05, 3.63) is 42.1 Å². The summed E-state index contributed by atoms with van der Waals surface area (Å²) in [6.45, 7) is 7.40. The monoisotopic (exact) mass is 318 g/mol. The van der Waals surface area contributed by atoms with Crippen LogP contribution in [0.15, 0.2) is 36.1 Å². The molecular formula is C15H18N4O2S. The summed E-state index contributed by atoms with van der Waals surface area (Å²) in [6, 6.07) is 5.73. The van der Waals surface area contributed by atoms with Crippen molar-refractivity contribution < 1.29 is 9.59 Å². The van der Waals surface area contributed by atoms with Gasteiger partial charge in [-0.05, 0) is 31.0 Å². The summed E-state index contributed by atoms with van der Waals surface area (Å²) in [5.41, 5.74) is 5.46. The molecule has 0 saturated carbocycles. The minimum atomic E-state index is -0.476. The van der Waals surface area contributed by atoms with Crippen molar-refractivity contribution in [2.24, 2.45) is 5.10 Å². The van der Waals surface area contributed by atoms with Gasteiger partial charge >= 0.3 is 0 Å². The minimum absolute atomic E-state index is 0.0942. The third kappa shape index (κ3) is 3.88. The molecule has 3 N–H and O–H groups in total. The topological polar surface area (TPSA) is 82.6 Å². The van der Waals surface area contributed by atoms with E-state index < -0.39 is 5.25 Å². The maximum Gasteiger partial charge on any atom is 0.240 e.